The molecule has 5 heteroatoms. The van der Waals surface area contributed by atoms with Crippen LogP contribution in [-0.2, 0) is 6.54 Å². The van der Waals surface area contributed by atoms with Crippen LogP contribution < -0.4 is 10.5 Å². The highest BCUT2D eigenvalue weighted by atomic mass is 16.5. The lowest BCUT2D eigenvalue weighted by molar-refractivity contribution is 0.412. The van der Waals surface area contributed by atoms with Crippen molar-refractivity contribution < 1.29 is 4.74 Å². The van der Waals surface area contributed by atoms with Gasteiger partial charge in [-0.1, -0.05) is 6.07 Å². The van der Waals surface area contributed by atoms with E-state index in [9.17, 15) is 0 Å². The van der Waals surface area contributed by atoms with Crippen molar-refractivity contribution in [2.75, 3.05) is 7.11 Å². The third-order valence-corrected chi connectivity index (χ3v) is 2.39. The summed E-state index contributed by atoms with van der Waals surface area (Å²) in [6.45, 7) is 2.37. The van der Waals surface area contributed by atoms with E-state index in [2.05, 4.69) is 10.2 Å². The van der Waals surface area contributed by atoms with Crippen molar-refractivity contribution in [1.29, 1.82) is 0 Å². The second-order valence-electron chi connectivity index (χ2n) is 3.50. The average molecular weight is 218 g/mol. The van der Waals surface area contributed by atoms with Gasteiger partial charge in [0.25, 0.3) is 0 Å². The van der Waals surface area contributed by atoms with Crippen LogP contribution in [0, 0.1) is 6.92 Å². The Bertz CT molecular complexity index is 492. The summed E-state index contributed by atoms with van der Waals surface area (Å²) in [4.78, 5) is 0. The van der Waals surface area contributed by atoms with Gasteiger partial charge in [-0.3, -0.25) is 4.57 Å². The zero-order chi connectivity index (χ0) is 11.5. The molecule has 5 nitrogen and oxygen atoms in total. The summed E-state index contributed by atoms with van der Waals surface area (Å²) >= 11 is 0. The molecule has 1 heterocycles. The highest BCUT2D eigenvalue weighted by Crippen LogP contribution is 2.24. The molecule has 0 atom stereocenters. The van der Waals surface area contributed by atoms with Gasteiger partial charge in [-0.05, 0) is 24.6 Å². The Labute approximate surface area is 93.9 Å². The van der Waals surface area contributed by atoms with E-state index in [1.807, 2.05) is 29.7 Å². The van der Waals surface area contributed by atoms with Crippen LogP contribution in [-0.4, -0.2) is 21.9 Å². The SMILES string of the molecule is COc1ccc(C)cc1-n1cnnc1CN. The highest BCUT2D eigenvalue weighted by Gasteiger charge is 2.09. The van der Waals surface area contributed by atoms with Crippen LogP contribution in [0.4, 0.5) is 0 Å². The number of hydrogen-bond acceptors (Lipinski definition) is 4. The maximum atomic E-state index is 5.60. The minimum Gasteiger partial charge on any atom is -0.495 e. The summed E-state index contributed by atoms with van der Waals surface area (Å²) in [6, 6.07) is 5.93. The third kappa shape index (κ3) is 1.77. The van der Waals surface area contributed by atoms with E-state index in [1.165, 1.54) is 0 Å². The average Bonchev–Trinajstić information content (AvgIpc) is 2.76. The molecule has 0 amide bonds. The summed E-state index contributed by atoms with van der Waals surface area (Å²) in [5.74, 6) is 1.49. The van der Waals surface area contributed by atoms with Crippen molar-refractivity contribution in [1.82, 2.24) is 14.8 Å². The van der Waals surface area contributed by atoms with Crippen LogP contribution in [0.1, 0.15) is 11.4 Å². The molecule has 0 saturated carbocycles. The zero-order valence-corrected chi connectivity index (χ0v) is 9.34. The number of methoxy groups -OCH3 is 1. The fourth-order valence-corrected chi connectivity index (χ4v) is 1.59. The molecule has 1 aromatic carbocycles. The standard InChI is InChI=1S/C11H14N4O/c1-8-3-4-10(16-2)9(5-8)15-7-13-14-11(15)6-12/h3-5,7H,6,12H2,1-2H3. The number of nitrogens with two attached hydrogens (primary N) is 1. The molecule has 0 bridgehead atoms. The van der Waals surface area contributed by atoms with E-state index in [-0.39, 0.29) is 0 Å². The van der Waals surface area contributed by atoms with Crippen LogP contribution in [0.2, 0.25) is 0 Å². The molecule has 0 spiro atoms. The second-order valence-corrected chi connectivity index (χ2v) is 3.50. The van der Waals surface area contributed by atoms with Gasteiger partial charge < -0.3 is 10.5 Å². The molecule has 2 N–H and O–H groups in total. The maximum absolute atomic E-state index is 5.60. The number of aromatic nitrogens is 3. The van der Waals surface area contributed by atoms with Gasteiger partial charge in [0.2, 0.25) is 0 Å². The normalized spacial score (nSPS) is 10.4. The van der Waals surface area contributed by atoms with Gasteiger partial charge in [-0.25, -0.2) is 0 Å². The molecule has 84 valence electrons. The summed E-state index contributed by atoms with van der Waals surface area (Å²) in [6.07, 6.45) is 1.64. The van der Waals surface area contributed by atoms with E-state index < -0.39 is 0 Å². The summed E-state index contributed by atoms with van der Waals surface area (Å²) in [5, 5.41) is 7.80. The first-order valence-corrected chi connectivity index (χ1v) is 5.00. The van der Waals surface area contributed by atoms with E-state index in [1.54, 1.807) is 13.4 Å². The fraction of sp³-hybridized carbons (Fsp3) is 0.273. The molecule has 16 heavy (non-hydrogen) atoms. The molecule has 0 unspecified atom stereocenters. The molecule has 0 aliphatic rings. The zero-order valence-electron chi connectivity index (χ0n) is 9.34. The molecule has 0 aliphatic heterocycles. The molecule has 0 radical (unpaired) electrons. The second kappa shape index (κ2) is 4.32. The monoisotopic (exact) mass is 218 g/mol. The van der Waals surface area contributed by atoms with E-state index in [0.29, 0.717) is 12.4 Å². The van der Waals surface area contributed by atoms with Crippen LogP contribution in [0.5, 0.6) is 5.75 Å². The van der Waals surface area contributed by atoms with Crippen LogP contribution >= 0.6 is 0 Å². The lowest BCUT2D eigenvalue weighted by Gasteiger charge is -2.11. The minimum atomic E-state index is 0.344. The Balaban J connectivity index is 2.58. The van der Waals surface area contributed by atoms with Crippen LogP contribution in [0.15, 0.2) is 24.5 Å². The smallest absolute Gasteiger partial charge is 0.151 e. The van der Waals surface area contributed by atoms with Crippen molar-refractivity contribution >= 4 is 0 Å². The topological polar surface area (TPSA) is 66.0 Å². The number of rotatable bonds is 3. The van der Waals surface area contributed by atoms with Crippen molar-refractivity contribution in [3.63, 3.8) is 0 Å². The fourth-order valence-electron chi connectivity index (χ4n) is 1.59. The minimum absolute atomic E-state index is 0.344. The Morgan fingerprint density at radius 2 is 2.25 bits per heavy atom. The van der Waals surface area contributed by atoms with Gasteiger partial charge in [-0.15, -0.1) is 10.2 Å². The predicted molar refractivity (Wildman–Crippen MR) is 60.5 cm³/mol. The van der Waals surface area contributed by atoms with Gasteiger partial charge in [-0.2, -0.15) is 0 Å². The van der Waals surface area contributed by atoms with Crippen molar-refractivity contribution in [2.45, 2.75) is 13.5 Å². The predicted octanol–water partition coefficient (Wildman–Crippen LogP) is 1.04. The van der Waals surface area contributed by atoms with Crippen LogP contribution in [0.25, 0.3) is 5.69 Å². The first-order chi connectivity index (χ1) is 7.76. The van der Waals surface area contributed by atoms with Gasteiger partial charge >= 0.3 is 0 Å². The Hall–Kier alpha value is -1.88. The number of benzene rings is 1. The Morgan fingerprint density at radius 3 is 2.94 bits per heavy atom. The summed E-state index contributed by atoms with van der Waals surface area (Å²) in [7, 11) is 1.64. The lowest BCUT2D eigenvalue weighted by Crippen LogP contribution is -2.07. The first-order valence-electron chi connectivity index (χ1n) is 5.00. The number of aryl methyl sites for hydroxylation is 1. The molecule has 2 aromatic rings. The molecule has 0 saturated heterocycles. The molecule has 0 fully saturated rings. The Morgan fingerprint density at radius 1 is 1.44 bits per heavy atom. The lowest BCUT2D eigenvalue weighted by atomic mass is 10.2. The van der Waals surface area contributed by atoms with Crippen molar-refractivity contribution in [2.24, 2.45) is 5.73 Å². The van der Waals surface area contributed by atoms with E-state index in [0.717, 1.165) is 17.0 Å². The molecule has 0 aliphatic carbocycles. The number of nitrogens with zero attached hydrogens (tertiary/aromatic N) is 3. The highest BCUT2D eigenvalue weighted by molar-refractivity contribution is 5.49. The quantitative estimate of drug-likeness (QED) is 0.836. The van der Waals surface area contributed by atoms with Crippen molar-refractivity contribution in [3.8, 4) is 11.4 Å². The van der Waals surface area contributed by atoms with E-state index >= 15 is 0 Å². The third-order valence-electron chi connectivity index (χ3n) is 2.39. The molecular weight excluding hydrogens is 204 g/mol. The Kier molecular flexibility index (Phi) is 2.87. The largest absolute Gasteiger partial charge is 0.495 e. The van der Waals surface area contributed by atoms with Gasteiger partial charge in [0.15, 0.2) is 5.82 Å². The molecule has 2 rings (SSSR count). The summed E-state index contributed by atoms with van der Waals surface area (Å²) < 4.78 is 7.15. The molecular formula is C11H14N4O. The van der Waals surface area contributed by atoms with Gasteiger partial charge in [0.05, 0.1) is 19.3 Å². The first kappa shape index (κ1) is 10.6. The van der Waals surface area contributed by atoms with E-state index in [4.69, 9.17) is 10.5 Å². The van der Waals surface area contributed by atoms with Gasteiger partial charge in [0.1, 0.15) is 12.1 Å². The van der Waals surface area contributed by atoms with Crippen LogP contribution in [0.3, 0.4) is 0 Å². The maximum Gasteiger partial charge on any atom is 0.151 e. The summed E-state index contributed by atoms with van der Waals surface area (Å²) in [5.41, 5.74) is 7.65. The number of hydrogen-bond donors (Lipinski definition) is 1. The molecule has 1 aromatic heterocycles. The van der Waals surface area contributed by atoms with Gasteiger partial charge in [0, 0.05) is 0 Å². The van der Waals surface area contributed by atoms with Crippen molar-refractivity contribution in [3.05, 3.63) is 35.9 Å². The number of ether oxygens (including phenoxy) is 1.